The van der Waals surface area contributed by atoms with Gasteiger partial charge in [-0.3, -0.25) is 4.79 Å². The van der Waals surface area contributed by atoms with Gasteiger partial charge in [0.1, 0.15) is 29.2 Å². The molecule has 6 aromatic rings. The molecule has 7 rings (SSSR count). The van der Waals surface area contributed by atoms with Crippen LogP contribution in [0.3, 0.4) is 0 Å². The summed E-state index contributed by atoms with van der Waals surface area (Å²) in [6.07, 6.45) is 5.58. The molecule has 220 valence electrons. The topological polar surface area (TPSA) is 86.4 Å². The average molecular weight is 609 g/mol. The Morgan fingerprint density at radius 2 is 1.86 bits per heavy atom. The number of furan rings is 1. The standard InChI is InChI=1S/C34H26F2N4O3S/c1-37-34(41)31-24-16-23(28(39(2)44(3)42)18-30(24)43-33(31)20-9-12-21(35)13-10-20)26-14-11-19-6-5-15-40-27-8-4-7-25(36)22(27)17-29(40)32(19)38-26/h4-14,16-18H,15H2,1-3H3,(H,37,41). The zero-order chi connectivity index (χ0) is 30.7. The number of allylic oxidation sites excluding steroid dienone is 1. The summed E-state index contributed by atoms with van der Waals surface area (Å²) in [5.41, 5.74) is 6.07. The molecule has 1 unspecified atom stereocenters. The van der Waals surface area contributed by atoms with Crippen LogP contribution in [0, 0.1) is 11.6 Å². The van der Waals surface area contributed by atoms with Gasteiger partial charge in [-0.05, 0) is 54.6 Å². The molecule has 0 radical (unpaired) electrons. The molecule has 0 fully saturated rings. The van der Waals surface area contributed by atoms with Crippen LogP contribution in [0.5, 0.6) is 0 Å². The fourth-order valence-corrected chi connectivity index (χ4v) is 6.21. The molecule has 3 aromatic heterocycles. The lowest BCUT2D eigenvalue weighted by Gasteiger charge is -2.22. The van der Waals surface area contributed by atoms with Crippen molar-refractivity contribution in [3.8, 4) is 34.0 Å². The van der Waals surface area contributed by atoms with Crippen molar-refractivity contribution in [1.82, 2.24) is 14.9 Å². The second kappa shape index (κ2) is 10.7. The van der Waals surface area contributed by atoms with Gasteiger partial charge in [-0.1, -0.05) is 24.3 Å². The number of hydrogen-bond acceptors (Lipinski definition) is 5. The number of halogens is 2. The number of carbonyl (C=O) groups is 1. The van der Waals surface area contributed by atoms with E-state index in [1.807, 2.05) is 47.1 Å². The normalized spacial score (nSPS) is 13.0. The number of nitrogens with one attached hydrogen (secondary N) is 1. The Bertz CT molecular complexity index is 2130. The number of hydrogen-bond donors (Lipinski definition) is 1. The third kappa shape index (κ3) is 4.45. The average Bonchev–Trinajstić information content (AvgIpc) is 3.53. The Morgan fingerprint density at radius 3 is 2.61 bits per heavy atom. The highest BCUT2D eigenvalue weighted by Gasteiger charge is 2.27. The van der Waals surface area contributed by atoms with Gasteiger partial charge < -0.3 is 18.9 Å². The van der Waals surface area contributed by atoms with Crippen molar-refractivity contribution >= 4 is 50.9 Å². The third-order valence-electron chi connectivity index (χ3n) is 8.01. The minimum absolute atomic E-state index is 0.286. The van der Waals surface area contributed by atoms with Gasteiger partial charge in [-0.25, -0.2) is 13.8 Å². The molecule has 4 heterocycles. The Hall–Kier alpha value is -4.93. The zero-order valence-corrected chi connectivity index (χ0v) is 24.8. The van der Waals surface area contributed by atoms with E-state index < -0.39 is 17.2 Å². The number of anilines is 1. The van der Waals surface area contributed by atoms with Crippen LogP contribution < -0.4 is 9.62 Å². The van der Waals surface area contributed by atoms with E-state index in [9.17, 15) is 18.1 Å². The van der Waals surface area contributed by atoms with Gasteiger partial charge in [-0.15, -0.1) is 0 Å². The second-order valence-electron chi connectivity index (χ2n) is 10.5. The maximum atomic E-state index is 14.8. The number of pyridine rings is 1. The van der Waals surface area contributed by atoms with E-state index in [-0.39, 0.29) is 23.0 Å². The molecule has 44 heavy (non-hydrogen) atoms. The summed E-state index contributed by atoms with van der Waals surface area (Å²) >= 11 is -1.40. The first-order valence-electron chi connectivity index (χ1n) is 13.9. The van der Waals surface area contributed by atoms with Crippen LogP contribution in [0.2, 0.25) is 0 Å². The molecular weight excluding hydrogens is 582 g/mol. The summed E-state index contributed by atoms with van der Waals surface area (Å²) in [7, 11) is 3.24. The first kappa shape index (κ1) is 27.9. The van der Waals surface area contributed by atoms with Crippen molar-refractivity contribution < 1.29 is 22.5 Å². The number of rotatable bonds is 5. The van der Waals surface area contributed by atoms with E-state index in [1.54, 1.807) is 41.9 Å². The van der Waals surface area contributed by atoms with Crippen LogP contribution in [-0.2, 0) is 17.9 Å². The van der Waals surface area contributed by atoms with E-state index in [0.717, 1.165) is 16.8 Å². The SMILES string of the molecule is CNC(=O)c1c(-c2ccc(F)cc2)oc2cc(N(C)[S+](C)[O-])c(-c3ccc4c(n3)-c3cc5c(F)cccc5n3CC=C4)cc12. The Morgan fingerprint density at radius 1 is 1.07 bits per heavy atom. The zero-order valence-electron chi connectivity index (χ0n) is 24.0. The third-order valence-corrected chi connectivity index (χ3v) is 8.98. The van der Waals surface area contributed by atoms with Gasteiger partial charge in [0.15, 0.2) is 0 Å². The highest BCUT2D eigenvalue weighted by molar-refractivity contribution is 7.92. The van der Waals surface area contributed by atoms with Gasteiger partial charge in [-0.2, -0.15) is 4.31 Å². The number of fused-ring (bicyclic) bond motifs is 6. The first-order valence-corrected chi connectivity index (χ1v) is 15.4. The lowest BCUT2D eigenvalue weighted by atomic mass is 10.00. The monoisotopic (exact) mass is 608 g/mol. The summed E-state index contributed by atoms with van der Waals surface area (Å²) in [6, 6.07) is 19.9. The molecule has 0 spiro atoms. The van der Waals surface area contributed by atoms with E-state index in [0.29, 0.717) is 51.1 Å². The van der Waals surface area contributed by atoms with E-state index in [1.165, 1.54) is 25.2 Å². The van der Waals surface area contributed by atoms with Crippen molar-refractivity contribution in [2.24, 2.45) is 0 Å². The Balaban J connectivity index is 1.49. The van der Waals surface area contributed by atoms with Gasteiger partial charge in [0.05, 0.1) is 52.3 Å². The van der Waals surface area contributed by atoms with Gasteiger partial charge in [0.2, 0.25) is 0 Å². The van der Waals surface area contributed by atoms with E-state index >= 15 is 0 Å². The van der Waals surface area contributed by atoms with Crippen LogP contribution in [-0.4, -0.2) is 40.4 Å². The molecule has 1 amide bonds. The second-order valence-corrected chi connectivity index (χ2v) is 11.9. The number of carbonyl (C=O) groups excluding carboxylic acids is 1. The predicted octanol–water partition coefficient (Wildman–Crippen LogP) is 7.18. The van der Waals surface area contributed by atoms with Crippen molar-refractivity contribution in [3.63, 3.8) is 0 Å². The number of nitrogens with zero attached hydrogens (tertiary/aromatic N) is 3. The number of benzene rings is 3. The maximum Gasteiger partial charge on any atom is 0.255 e. The maximum absolute atomic E-state index is 14.8. The molecule has 0 saturated carbocycles. The van der Waals surface area contributed by atoms with Gasteiger partial charge in [0, 0.05) is 47.1 Å². The van der Waals surface area contributed by atoms with Crippen molar-refractivity contribution in [2.45, 2.75) is 6.54 Å². The van der Waals surface area contributed by atoms with E-state index in [2.05, 4.69) is 5.32 Å². The summed E-state index contributed by atoms with van der Waals surface area (Å²) in [5.74, 6) is -0.799. The Labute approximate surface area is 254 Å². The lowest BCUT2D eigenvalue weighted by molar-refractivity contribution is 0.0964. The van der Waals surface area contributed by atoms with E-state index in [4.69, 9.17) is 9.40 Å². The van der Waals surface area contributed by atoms with Crippen LogP contribution in [0.15, 0.2) is 83.3 Å². The highest BCUT2D eigenvalue weighted by atomic mass is 32.2. The largest absolute Gasteiger partial charge is 0.593 e. The molecule has 0 bridgehead atoms. The molecule has 7 nitrogen and oxygen atoms in total. The Kier molecular flexibility index (Phi) is 6.75. The quantitative estimate of drug-likeness (QED) is 0.210. The smallest absolute Gasteiger partial charge is 0.255 e. The molecule has 0 aliphatic carbocycles. The molecular formula is C34H26F2N4O3S. The molecule has 10 heteroatoms. The summed E-state index contributed by atoms with van der Waals surface area (Å²) in [6.45, 7) is 0.555. The van der Waals surface area contributed by atoms with Crippen LogP contribution in [0.1, 0.15) is 15.9 Å². The minimum Gasteiger partial charge on any atom is -0.593 e. The predicted molar refractivity (Wildman–Crippen MR) is 171 cm³/mol. The van der Waals surface area contributed by atoms with Crippen LogP contribution >= 0.6 is 0 Å². The first-order chi connectivity index (χ1) is 21.2. The van der Waals surface area contributed by atoms with Crippen molar-refractivity contribution in [1.29, 1.82) is 0 Å². The summed E-state index contributed by atoms with van der Waals surface area (Å²) < 4.78 is 51.1. The number of amides is 1. The minimum atomic E-state index is -1.40. The molecule has 0 saturated heterocycles. The highest BCUT2D eigenvalue weighted by Crippen LogP contribution is 2.42. The lowest BCUT2D eigenvalue weighted by Crippen LogP contribution is -2.25. The van der Waals surface area contributed by atoms with Crippen LogP contribution in [0.25, 0.3) is 61.9 Å². The molecule has 1 aliphatic rings. The van der Waals surface area contributed by atoms with Crippen LogP contribution in [0.4, 0.5) is 14.5 Å². The summed E-state index contributed by atoms with van der Waals surface area (Å²) in [4.78, 5) is 18.3. The fraction of sp³-hybridized carbons (Fsp3) is 0.118. The summed E-state index contributed by atoms with van der Waals surface area (Å²) in [5, 5.41) is 3.72. The number of aromatic nitrogens is 2. The van der Waals surface area contributed by atoms with Crippen molar-refractivity contribution in [3.05, 3.63) is 102 Å². The molecule has 1 N–H and O–H groups in total. The van der Waals surface area contributed by atoms with Gasteiger partial charge >= 0.3 is 0 Å². The molecule has 1 atom stereocenters. The fourth-order valence-electron chi connectivity index (χ4n) is 5.78. The molecule has 1 aliphatic heterocycles. The van der Waals surface area contributed by atoms with Gasteiger partial charge in [0.25, 0.3) is 5.91 Å². The van der Waals surface area contributed by atoms with Crippen molar-refractivity contribution in [2.75, 3.05) is 24.7 Å². The molecule has 3 aromatic carbocycles.